The lowest BCUT2D eigenvalue weighted by molar-refractivity contribution is 0.298. The summed E-state index contributed by atoms with van der Waals surface area (Å²) in [7, 11) is 0. The van der Waals surface area contributed by atoms with E-state index in [1.54, 1.807) is 0 Å². The van der Waals surface area contributed by atoms with Crippen LogP contribution in [0.5, 0.6) is 0 Å². The van der Waals surface area contributed by atoms with Crippen LogP contribution in [-0.4, -0.2) is 12.6 Å². The van der Waals surface area contributed by atoms with Gasteiger partial charge >= 0.3 is 0 Å². The van der Waals surface area contributed by atoms with Crippen LogP contribution in [0, 0.1) is 23.2 Å². The van der Waals surface area contributed by atoms with E-state index in [0.29, 0.717) is 6.04 Å². The zero-order valence-electron chi connectivity index (χ0n) is 9.42. The van der Waals surface area contributed by atoms with Gasteiger partial charge in [-0.05, 0) is 25.3 Å². The lowest BCUT2D eigenvalue weighted by atomic mass is 9.85. The van der Waals surface area contributed by atoms with Gasteiger partial charge in [0.15, 0.2) is 0 Å². The fourth-order valence-corrected chi connectivity index (χ4v) is 2.03. The summed E-state index contributed by atoms with van der Waals surface area (Å²) in [6, 6.07) is 2.89. The van der Waals surface area contributed by atoms with Crippen molar-refractivity contribution in [3.05, 3.63) is 0 Å². The first-order chi connectivity index (χ1) is 6.77. The average Bonchev–Trinajstić information content (AvgIpc) is 2.26. The van der Waals surface area contributed by atoms with Gasteiger partial charge in [0.2, 0.25) is 0 Å². The van der Waals surface area contributed by atoms with Gasteiger partial charge in [-0.2, -0.15) is 5.26 Å². The van der Waals surface area contributed by atoms with Crippen LogP contribution in [0.1, 0.15) is 46.0 Å². The largest absolute Gasteiger partial charge is 0.312 e. The van der Waals surface area contributed by atoms with Crippen LogP contribution < -0.4 is 5.32 Å². The van der Waals surface area contributed by atoms with E-state index in [4.69, 9.17) is 5.26 Å². The molecule has 0 amide bonds. The van der Waals surface area contributed by atoms with E-state index >= 15 is 0 Å². The Bertz CT molecular complexity index is 195. The number of hydrogen-bond acceptors (Lipinski definition) is 2. The highest BCUT2D eigenvalue weighted by Crippen LogP contribution is 2.23. The van der Waals surface area contributed by atoms with Gasteiger partial charge in [-0.25, -0.2) is 0 Å². The van der Waals surface area contributed by atoms with Gasteiger partial charge in [0, 0.05) is 6.04 Å². The molecule has 14 heavy (non-hydrogen) atoms. The van der Waals surface area contributed by atoms with E-state index in [9.17, 15) is 0 Å². The summed E-state index contributed by atoms with van der Waals surface area (Å²) >= 11 is 0. The second kappa shape index (κ2) is 6.03. The molecule has 1 aliphatic carbocycles. The molecule has 0 heterocycles. The number of hydrogen-bond donors (Lipinski definition) is 1. The van der Waals surface area contributed by atoms with E-state index in [2.05, 4.69) is 25.2 Å². The zero-order valence-corrected chi connectivity index (χ0v) is 9.42. The first-order valence-electron chi connectivity index (χ1n) is 5.91. The van der Waals surface area contributed by atoms with Crippen LogP contribution >= 0.6 is 0 Å². The van der Waals surface area contributed by atoms with Gasteiger partial charge in [-0.3, -0.25) is 0 Å². The predicted molar refractivity (Wildman–Crippen MR) is 58.8 cm³/mol. The maximum Gasteiger partial charge on any atom is 0.0672 e. The van der Waals surface area contributed by atoms with Gasteiger partial charge in [-0.1, -0.05) is 33.1 Å². The second-order valence-corrected chi connectivity index (χ2v) is 4.55. The van der Waals surface area contributed by atoms with Crippen LogP contribution in [0.3, 0.4) is 0 Å². The van der Waals surface area contributed by atoms with Gasteiger partial charge in [0.1, 0.15) is 0 Å². The number of rotatable bonds is 4. The minimum atomic E-state index is 0.257. The molecule has 0 aromatic carbocycles. The molecule has 1 rings (SSSR count). The molecule has 0 bridgehead atoms. The maximum atomic E-state index is 8.99. The molecule has 0 aromatic heterocycles. The molecule has 1 fully saturated rings. The van der Waals surface area contributed by atoms with Crippen molar-refractivity contribution < 1.29 is 0 Å². The Balaban J connectivity index is 2.30. The lowest BCUT2D eigenvalue weighted by Crippen LogP contribution is -2.39. The first-order valence-corrected chi connectivity index (χ1v) is 5.91. The normalized spacial score (nSPS) is 29.5. The molecule has 0 aromatic rings. The third-order valence-electron chi connectivity index (χ3n) is 3.36. The van der Waals surface area contributed by atoms with E-state index < -0.39 is 0 Å². The Hall–Kier alpha value is -0.550. The van der Waals surface area contributed by atoms with Gasteiger partial charge < -0.3 is 5.32 Å². The minimum absolute atomic E-state index is 0.257. The van der Waals surface area contributed by atoms with Crippen LogP contribution in [0.2, 0.25) is 0 Å². The fraction of sp³-hybridized carbons (Fsp3) is 0.917. The number of nitrogens with one attached hydrogen (secondary N) is 1. The Morgan fingerprint density at radius 2 is 2.14 bits per heavy atom. The Kier molecular flexibility index (Phi) is 4.97. The van der Waals surface area contributed by atoms with Crippen molar-refractivity contribution in [2.45, 2.75) is 52.0 Å². The van der Waals surface area contributed by atoms with E-state index in [1.165, 1.54) is 25.7 Å². The predicted octanol–water partition coefficient (Wildman–Crippen LogP) is 2.70. The highest BCUT2D eigenvalue weighted by atomic mass is 14.9. The maximum absolute atomic E-state index is 8.99. The molecule has 0 radical (unpaired) electrons. The van der Waals surface area contributed by atoms with Crippen LogP contribution in [0.25, 0.3) is 0 Å². The van der Waals surface area contributed by atoms with Crippen LogP contribution in [-0.2, 0) is 0 Å². The molecular formula is C12H22N2. The van der Waals surface area contributed by atoms with E-state index in [0.717, 1.165) is 18.9 Å². The van der Waals surface area contributed by atoms with E-state index in [-0.39, 0.29) is 5.92 Å². The Labute approximate surface area is 87.7 Å². The standard InChI is InChI=1S/C12H22N2/c1-3-10(2)9-14-12-7-5-4-6-11(12)8-13/h10-12,14H,3-7,9H2,1-2H3. The zero-order chi connectivity index (χ0) is 10.4. The van der Waals surface area contributed by atoms with Crippen molar-refractivity contribution in [2.75, 3.05) is 6.54 Å². The molecule has 2 nitrogen and oxygen atoms in total. The summed E-state index contributed by atoms with van der Waals surface area (Å²) in [6.07, 6.45) is 6.02. The summed E-state index contributed by atoms with van der Waals surface area (Å²) < 4.78 is 0. The topological polar surface area (TPSA) is 35.8 Å². The molecule has 1 saturated carbocycles. The summed E-state index contributed by atoms with van der Waals surface area (Å²) in [6.45, 7) is 5.55. The van der Waals surface area contributed by atoms with Crippen molar-refractivity contribution >= 4 is 0 Å². The number of nitrogens with zero attached hydrogens (tertiary/aromatic N) is 1. The summed E-state index contributed by atoms with van der Waals surface area (Å²) in [4.78, 5) is 0. The number of nitriles is 1. The van der Waals surface area contributed by atoms with Gasteiger partial charge in [0.25, 0.3) is 0 Å². The molecule has 0 saturated heterocycles. The lowest BCUT2D eigenvalue weighted by Gasteiger charge is -2.28. The molecule has 1 aliphatic rings. The van der Waals surface area contributed by atoms with Crippen molar-refractivity contribution in [1.82, 2.24) is 5.32 Å². The fourth-order valence-electron chi connectivity index (χ4n) is 2.03. The summed E-state index contributed by atoms with van der Waals surface area (Å²) in [5.74, 6) is 0.990. The molecule has 2 heteroatoms. The van der Waals surface area contributed by atoms with Crippen molar-refractivity contribution in [3.8, 4) is 6.07 Å². The Morgan fingerprint density at radius 3 is 2.79 bits per heavy atom. The average molecular weight is 194 g/mol. The molecule has 3 atom stereocenters. The molecule has 1 N–H and O–H groups in total. The third kappa shape index (κ3) is 3.31. The van der Waals surface area contributed by atoms with Crippen LogP contribution in [0.4, 0.5) is 0 Å². The SMILES string of the molecule is CCC(C)CNC1CCCCC1C#N. The Morgan fingerprint density at radius 1 is 1.43 bits per heavy atom. The molecule has 0 aliphatic heterocycles. The van der Waals surface area contributed by atoms with Gasteiger partial charge in [-0.15, -0.1) is 0 Å². The van der Waals surface area contributed by atoms with Crippen molar-refractivity contribution in [3.63, 3.8) is 0 Å². The van der Waals surface area contributed by atoms with Crippen LogP contribution in [0.15, 0.2) is 0 Å². The molecule has 80 valence electrons. The van der Waals surface area contributed by atoms with Gasteiger partial charge in [0.05, 0.1) is 12.0 Å². The highest BCUT2D eigenvalue weighted by Gasteiger charge is 2.24. The molecule has 0 spiro atoms. The summed E-state index contributed by atoms with van der Waals surface area (Å²) in [5, 5.41) is 12.5. The third-order valence-corrected chi connectivity index (χ3v) is 3.36. The molecular weight excluding hydrogens is 172 g/mol. The highest BCUT2D eigenvalue weighted by molar-refractivity contribution is 4.94. The smallest absolute Gasteiger partial charge is 0.0672 e. The quantitative estimate of drug-likeness (QED) is 0.747. The van der Waals surface area contributed by atoms with Crippen molar-refractivity contribution in [2.24, 2.45) is 11.8 Å². The molecule has 3 unspecified atom stereocenters. The minimum Gasteiger partial charge on any atom is -0.312 e. The second-order valence-electron chi connectivity index (χ2n) is 4.55. The van der Waals surface area contributed by atoms with Crippen molar-refractivity contribution in [1.29, 1.82) is 5.26 Å². The van der Waals surface area contributed by atoms with E-state index in [1.807, 2.05) is 0 Å². The monoisotopic (exact) mass is 194 g/mol. The summed E-state index contributed by atoms with van der Waals surface area (Å²) in [5.41, 5.74) is 0. The first kappa shape index (κ1) is 11.5.